The van der Waals surface area contributed by atoms with Gasteiger partial charge in [-0.15, -0.1) is 0 Å². The van der Waals surface area contributed by atoms with Gasteiger partial charge < -0.3 is 20.1 Å². The second-order valence-corrected chi connectivity index (χ2v) is 7.20. The summed E-state index contributed by atoms with van der Waals surface area (Å²) in [6, 6.07) is 6.74. The number of benzene rings is 1. The van der Waals surface area contributed by atoms with E-state index in [1.54, 1.807) is 7.11 Å². The number of aliphatic imine (C=N–C) groups is 1. The molecule has 1 aromatic carbocycles. The Morgan fingerprint density at radius 2 is 2.16 bits per heavy atom. The van der Waals surface area contributed by atoms with Crippen LogP contribution in [0.15, 0.2) is 23.2 Å². The Bertz CT molecular complexity index is 625. The average Bonchev–Trinajstić information content (AvgIpc) is 2.55. The van der Waals surface area contributed by atoms with Crippen molar-refractivity contribution in [2.75, 3.05) is 20.8 Å². The first kappa shape index (κ1) is 18.1. The Labute approximate surface area is 151 Å². The number of nitrogens with one attached hydrogen (secondary N) is 2. The van der Waals surface area contributed by atoms with E-state index in [2.05, 4.69) is 47.7 Å². The summed E-state index contributed by atoms with van der Waals surface area (Å²) in [5, 5.41) is 7.05. The van der Waals surface area contributed by atoms with Crippen molar-refractivity contribution in [3.63, 3.8) is 0 Å². The van der Waals surface area contributed by atoms with E-state index in [1.165, 1.54) is 24.8 Å². The zero-order valence-corrected chi connectivity index (χ0v) is 15.9. The van der Waals surface area contributed by atoms with Crippen LogP contribution in [0, 0.1) is 12.3 Å². The predicted molar refractivity (Wildman–Crippen MR) is 101 cm³/mol. The van der Waals surface area contributed by atoms with Gasteiger partial charge >= 0.3 is 0 Å². The molecule has 0 saturated heterocycles. The van der Waals surface area contributed by atoms with Crippen molar-refractivity contribution in [3.05, 3.63) is 29.3 Å². The molecular formula is C20H31N3O2. The molecular weight excluding hydrogens is 314 g/mol. The first-order chi connectivity index (χ1) is 12.1. The molecule has 2 fully saturated rings. The Morgan fingerprint density at radius 3 is 2.76 bits per heavy atom. The van der Waals surface area contributed by atoms with Crippen molar-refractivity contribution < 1.29 is 9.47 Å². The maximum absolute atomic E-state index is 5.93. The first-order valence-electron chi connectivity index (χ1n) is 9.35. The van der Waals surface area contributed by atoms with Crippen LogP contribution >= 0.6 is 0 Å². The number of rotatable bonds is 6. The van der Waals surface area contributed by atoms with Gasteiger partial charge in [-0.1, -0.05) is 18.6 Å². The summed E-state index contributed by atoms with van der Waals surface area (Å²) in [5.74, 6) is 1.77. The van der Waals surface area contributed by atoms with Crippen molar-refractivity contribution >= 4 is 5.96 Å². The highest BCUT2D eigenvalue weighted by molar-refractivity contribution is 5.80. The van der Waals surface area contributed by atoms with Gasteiger partial charge in [-0.25, -0.2) is 0 Å². The summed E-state index contributed by atoms with van der Waals surface area (Å²) in [7, 11) is 3.54. The third kappa shape index (κ3) is 3.47. The van der Waals surface area contributed by atoms with Crippen LogP contribution < -0.4 is 15.4 Å². The number of aryl methyl sites for hydroxylation is 1. The highest BCUT2D eigenvalue weighted by Gasteiger charge is 2.59. The fourth-order valence-electron chi connectivity index (χ4n) is 4.18. The van der Waals surface area contributed by atoms with E-state index in [-0.39, 0.29) is 0 Å². The maximum Gasteiger partial charge on any atom is 0.191 e. The summed E-state index contributed by atoms with van der Waals surface area (Å²) < 4.78 is 11.4. The molecule has 138 valence electrons. The van der Waals surface area contributed by atoms with Gasteiger partial charge in [0.2, 0.25) is 0 Å². The van der Waals surface area contributed by atoms with E-state index in [9.17, 15) is 0 Å². The lowest BCUT2D eigenvalue weighted by Crippen LogP contribution is -2.68. The Balaban J connectivity index is 1.58. The van der Waals surface area contributed by atoms with Crippen LogP contribution in [0.5, 0.6) is 5.75 Å². The number of guanidine groups is 1. The van der Waals surface area contributed by atoms with E-state index >= 15 is 0 Å². The van der Waals surface area contributed by atoms with Crippen LogP contribution in [0.25, 0.3) is 0 Å². The quantitative estimate of drug-likeness (QED) is 0.615. The van der Waals surface area contributed by atoms with Gasteiger partial charge in [0, 0.05) is 37.2 Å². The lowest BCUT2D eigenvalue weighted by atomic mass is 9.51. The minimum Gasteiger partial charge on any atom is -0.496 e. The number of methoxy groups -OCH3 is 1. The molecule has 2 unspecified atom stereocenters. The number of hydrogen-bond donors (Lipinski definition) is 2. The van der Waals surface area contributed by atoms with Crippen LogP contribution in [-0.4, -0.2) is 38.9 Å². The van der Waals surface area contributed by atoms with E-state index in [0.29, 0.717) is 24.1 Å². The molecule has 25 heavy (non-hydrogen) atoms. The van der Waals surface area contributed by atoms with Crippen molar-refractivity contribution in [1.82, 2.24) is 10.6 Å². The first-order valence-corrected chi connectivity index (χ1v) is 9.35. The second-order valence-electron chi connectivity index (χ2n) is 7.20. The van der Waals surface area contributed by atoms with Gasteiger partial charge in [-0.3, -0.25) is 4.99 Å². The number of hydrogen-bond acceptors (Lipinski definition) is 3. The van der Waals surface area contributed by atoms with Crippen LogP contribution in [-0.2, 0) is 11.3 Å². The SMILES string of the molecule is CCOC1CC(NC(=NC)NCc2ccc(C)cc2OC)C12CCC2. The van der Waals surface area contributed by atoms with Crippen LogP contribution in [0.4, 0.5) is 0 Å². The molecule has 5 nitrogen and oxygen atoms in total. The Kier molecular flexibility index (Phi) is 5.52. The topological polar surface area (TPSA) is 54.9 Å². The molecule has 2 atom stereocenters. The largest absolute Gasteiger partial charge is 0.496 e. The van der Waals surface area contributed by atoms with Gasteiger partial charge in [-0.2, -0.15) is 0 Å². The summed E-state index contributed by atoms with van der Waals surface area (Å²) in [4.78, 5) is 4.41. The average molecular weight is 345 g/mol. The van der Waals surface area contributed by atoms with E-state index < -0.39 is 0 Å². The van der Waals surface area contributed by atoms with Crippen LogP contribution in [0.3, 0.4) is 0 Å². The van der Waals surface area contributed by atoms with Crippen molar-refractivity contribution in [2.45, 2.75) is 58.2 Å². The molecule has 2 N–H and O–H groups in total. The summed E-state index contributed by atoms with van der Waals surface area (Å²) in [5.41, 5.74) is 2.66. The monoisotopic (exact) mass is 345 g/mol. The fourth-order valence-corrected chi connectivity index (χ4v) is 4.18. The van der Waals surface area contributed by atoms with Gasteiger partial charge in [0.05, 0.1) is 13.2 Å². The molecule has 0 heterocycles. The molecule has 5 heteroatoms. The van der Waals surface area contributed by atoms with Crippen LogP contribution in [0.1, 0.15) is 43.7 Å². The lowest BCUT2D eigenvalue weighted by Gasteiger charge is -2.61. The molecule has 0 radical (unpaired) electrons. The number of ether oxygens (including phenoxy) is 2. The van der Waals surface area contributed by atoms with E-state index in [4.69, 9.17) is 9.47 Å². The standard InChI is InChI=1S/C20H31N3O2/c1-5-25-18-12-17(20(18)9-6-10-20)23-19(21-3)22-13-15-8-7-14(2)11-16(15)24-4/h7-8,11,17-18H,5-6,9-10,12-13H2,1-4H3,(H2,21,22,23). The summed E-state index contributed by atoms with van der Waals surface area (Å²) in [6.07, 6.45) is 5.33. The van der Waals surface area contributed by atoms with Crippen LogP contribution in [0.2, 0.25) is 0 Å². The summed E-state index contributed by atoms with van der Waals surface area (Å²) in [6.45, 7) is 5.66. The third-order valence-corrected chi connectivity index (χ3v) is 5.86. The molecule has 0 aliphatic heterocycles. The van der Waals surface area contributed by atoms with Gasteiger partial charge in [-0.05, 0) is 44.7 Å². The zero-order valence-electron chi connectivity index (χ0n) is 15.9. The smallest absolute Gasteiger partial charge is 0.191 e. The Hall–Kier alpha value is -1.75. The van der Waals surface area contributed by atoms with Gasteiger partial charge in [0.25, 0.3) is 0 Å². The minimum atomic E-state index is 0.329. The van der Waals surface area contributed by atoms with Crippen molar-refractivity contribution in [3.8, 4) is 5.75 Å². The molecule has 1 aromatic rings. The molecule has 2 aliphatic carbocycles. The Morgan fingerprint density at radius 1 is 1.36 bits per heavy atom. The third-order valence-electron chi connectivity index (χ3n) is 5.86. The summed E-state index contributed by atoms with van der Waals surface area (Å²) >= 11 is 0. The minimum absolute atomic E-state index is 0.329. The lowest BCUT2D eigenvalue weighted by molar-refractivity contribution is -0.168. The molecule has 2 saturated carbocycles. The molecule has 1 spiro atoms. The van der Waals surface area contributed by atoms with Gasteiger partial charge in [0.15, 0.2) is 5.96 Å². The molecule has 0 bridgehead atoms. The molecule has 0 aromatic heterocycles. The normalized spacial score (nSPS) is 24.4. The molecule has 3 rings (SSSR count). The maximum atomic E-state index is 5.93. The zero-order chi connectivity index (χ0) is 17.9. The van der Waals surface area contributed by atoms with Gasteiger partial charge in [0.1, 0.15) is 5.75 Å². The van der Waals surface area contributed by atoms with Crippen molar-refractivity contribution in [1.29, 1.82) is 0 Å². The van der Waals surface area contributed by atoms with E-state index in [0.717, 1.165) is 30.3 Å². The number of nitrogens with zero attached hydrogens (tertiary/aromatic N) is 1. The molecule has 0 amide bonds. The highest BCUT2D eigenvalue weighted by Crippen LogP contribution is 2.57. The highest BCUT2D eigenvalue weighted by atomic mass is 16.5. The predicted octanol–water partition coefficient (Wildman–Crippen LogP) is 3.02. The fraction of sp³-hybridized carbons (Fsp3) is 0.650. The molecule has 2 aliphatic rings. The van der Waals surface area contributed by atoms with E-state index in [1.807, 2.05) is 7.05 Å². The van der Waals surface area contributed by atoms with Crippen molar-refractivity contribution in [2.24, 2.45) is 10.4 Å². The second kappa shape index (κ2) is 7.65.